The van der Waals surface area contributed by atoms with Gasteiger partial charge in [0.05, 0.1) is 17.4 Å². The van der Waals surface area contributed by atoms with Crippen LogP contribution in [0.25, 0.3) is 0 Å². The van der Waals surface area contributed by atoms with E-state index in [1.807, 2.05) is 32.0 Å². The molecule has 0 aromatic heterocycles. The second-order valence-corrected chi connectivity index (χ2v) is 7.56. The standard InChI is InChI=1S/C18H22N2O3S/c1-12-7-8-15(9-13(12)2)10-18(21)20-14(3)16-5-4-6-17(11-16)24(19,22)23/h4-9,11,14H,10H2,1-3H3,(H,20,21)(H2,19,22,23)/t14-/m0/s1. The summed E-state index contributed by atoms with van der Waals surface area (Å²) in [5.74, 6) is -0.119. The molecule has 0 bridgehead atoms. The van der Waals surface area contributed by atoms with Crippen molar-refractivity contribution in [3.63, 3.8) is 0 Å². The molecule has 1 amide bonds. The molecular weight excluding hydrogens is 324 g/mol. The van der Waals surface area contributed by atoms with Gasteiger partial charge in [-0.2, -0.15) is 0 Å². The lowest BCUT2D eigenvalue weighted by molar-refractivity contribution is -0.121. The van der Waals surface area contributed by atoms with Crippen molar-refractivity contribution in [3.05, 3.63) is 64.7 Å². The maximum atomic E-state index is 12.2. The van der Waals surface area contributed by atoms with E-state index < -0.39 is 10.0 Å². The fraction of sp³-hybridized carbons (Fsp3) is 0.278. The monoisotopic (exact) mass is 346 g/mol. The van der Waals surface area contributed by atoms with Crippen LogP contribution in [-0.4, -0.2) is 14.3 Å². The van der Waals surface area contributed by atoms with Gasteiger partial charge in [-0.3, -0.25) is 4.79 Å². The summed E-state index contributed by atoms with van der Waals surface area (Å²) in [5, 5.41) is 8.02. The summed E-state index contributed by atoms with van der Waals surface area (Å²) >= 11 is 0. The molecule has 0 fully saturated rings. The van der Waals surface area contributed by atoms with Gasteiger partial charge in [0.15, 0.2) is 0 Å². The molecule has 3 N–H and O–H groups in total. The second-order valence-electron chi connectivity index (χ2n) is 6.00. The summed E-state index contributed by atoms with van der Waals surface area (Å²) in [4.78, 5) is 12.3. The van der Waals surface area contributed by atoms with Crippen LogP contribution in [0, 0.1) is 13.8 Å². The number of aryl methyl sites for hydroxylation is 2. The minimum absolute atomic E-state index is 0.0373. The van der Waals surface area contributed by atoms with Crippen molar-refractivity contribution in [2.45, 2.75) is 38.1 Å². The lowest BCUT2D eigenvalue weighted by atomic mass is 10.0. The van der Waals surface area contributed by atoms with Crippen LogP contribution >= 0.6 is 0 Å². The Morgan fingerprint density at radius 3 is 2.46 bits per heavy atom. The Balaban J connectivity index is 2.07. The van der Waals surface area contributed by atoms with Crippen molar-refractivity contribution in [2.75, 3.05) is 0 Å². The predicted octanol–water partition coefficient (Wildman–Crippen LogP) is 2.37. The normalized spacial score (nSPS) is 12.7. The quantitative estimate of drug-likeness (QED) is 0.871. The number of primary sulfonamides is 1. The maximum absolute atomic E-state index is 12.2. The lowest BCUT2D eigenvalue weighted by Crippen LogP contribution is -2.28. The molecule has 0 aliphatic carbocycles. The number of sulfonamides is 1. The molecule has 0 radical (unpaired) electrons. The fourth-order valence-electron chi connectivity index (χ4n) is 2.44. The number of benzene rings is 2. The first-order valence-corrected chi connectivity index (χ1v) is 9.19. The molecular formula is C18H22N2O3S. The maximum Gasteiger partial charge on any atom is 0.238 e. The Kier molecular flexibility index (Phi) is 5.41. The van der Waals surface area contributed by atoms with E-state index >= 15 is 0 Å². The third-order valence-corrected chi connectivity index (χ3v) is 4.91. The van der Waals surface area contributed by atoms with E-state index in [2.05, 4.69) is 5.32 Å². The van der Waals surface area contributed by atoms with Gasteiger partial charge in [0.2, 0.25) is 15.9 Å². The zero-order valence-corrected chi connectivity index (χ0v) is 14.9. The van der Waals surface area contributed by atoms with Gasteiger partial charge < -0.3 is 5.32 Å². The van der Waals surface area contributed by atoms with Crippen LogP contribution < -0.4 is 10.5 Å². The number of hydrogen-bond donors (Lipinski definition) is 2. The molecule has 24 heavy (non-hydrogen) atoms. The van der Waals surface area contributed by atoms with Gasteiger partial charge >= 0.3 is 0 Å². The van der Waals surface area contributed by atoms with E-state index in [0.717, 1.165) is 11.1 Å². The molecule has 0 aliphatic heterocycles. The summed E-state index contributed by atoms with van der Waals surface area (Å²) in [6.07, 6.45) is 0.278. The average molecular weight is 346 g/mol. The molecule has 0 unspecified atom stereocenters. The molecule has 128 valence electrons. The van der Waals surface area contributed by atoms with Gasteiger partial charge in [-0.1, -0.05) is 30.3 Å². The van der Waals surface area contributed by atoms with E-state index in [4.69, 9.17) is 5.14 Å². The molecule has 5 nitrogen and oxygen atoms in total. The first-order valence-electron chi connectivity index (χ1n) is 7.65. The first kappa shape index (κ1) is 18.2. The molecule has 0 aliphatic rings. The van der Waals surface area contributed by atoms with Gasteiger partial charge in [-0.15, -0.1) is 0 Å². The zero-order valence-electron chi connectivity index (χ0n) is 14.0. The summed E-state index contributed by atoms with van der Waals surface area (Å²) in [6, 6.07) is 11.9. The molecule has 0 spiro atoms. The summed E-state index contributed by atoms with van der Waals surface area (Å²) in [6.45, 7) is 5.85. The van der Waals surface area contributed by atoms with Crippen molar-refractivity contribution in [2.24, 2.45) is 5.14 Å². The third-order valence-electron chi connectivity index (χ3n) is 4.00. The summed E-state index contributed by atoms with van der Waals surface area (Å²) in [7, 11) is -3.76. The Morgan fingerprint density at radius 1 is 1.12 bits per heavy atom. The molecule has 2 aromatic carbocycles. The van der Waals surface area contributed by atoms with Crippen LogP contribution in [0.15, 0.2) is 47.4 Å². The Bertz CT molecular complexity index is 860. The molecule has 6 heteroatoms. The Hall–Kier alpha value is -2.18. The molecule has 0 saturated heterocycles. The Morgan fingerprint density at radius 2 is 1.83 bits per heavy atom. The van der Waals surface area contributed by atoms with Crippen molar-refractivity contribution in [1.29, 1.82) is 0 Å². The second kappa shape index (κ2) is 7.15. The number of carbonyl (C=O) groups is 1. The van der Waals surface area contributed by atoms with Crippen LogP contribution in [0.1, 0.15) is 35.2 Å². The van der Waals surface area contributed by atoms with E-state index in [0.29, 0.717) is 5.56 Å². The SMILES string of the molecule is Cc1ccc(CC(=O)N[C@@H](C)c2cccc(S(N)(=O)=O)c2)cc1C. The van der Waals surface area contributed by atoms with Crippen LogP contribution in [0.5, 0.6) is 0 Å². The highest BCUT2D eigenvalue weighted by Gasteiger charge is 2.14. The lowest BCUT2D eigenvalue weighted by Gasteiger charge is -2.15. The highest BCUT2D eigenvalue weighted by molar-refractivity contribution is 7.89. The van der Waals surface area contributed by atoms with Gasteiger partial charge in [0.1, 0.15) is 0 Å². The average Bonchev–Trinajstić information content (AvgIpc) is 2.50. The smallest absolute Gasteiger partial charge is 0.238 e. The number of amides is 1. The number of hydrogen-bond acceptors (Lipinski definition) is 3. The molecule has 0 saturated carbocycles. The number of nitrogens with two attached hydrogens (primary N) is 1. The first-order chi connectivity index (χ1) is 11.2. The molecule has 0 heterocycles. The van der Waals surface area contributed by atoms with Crippen molar-refractivity contribution in [1.82, 2.24) is 5.32 Å². The number of rotatable bonds is 5. The van der Waals surface area contributed by atoms with Gasteiger partial charge in [0.25, 0.3) is 0 Å². The molecule has 2 aromatic rings. The number of nitrogens with one attached hydrogen (secondary N) is 1. The third kappa shape index (κ3) is 4.66. The Labute approximate surface area is 142 Å². The van der Waals surface area contributed by atoms with E-state index in [-0.39, 0.29) is 23.3 Å². The molecule has 2 rings (SSSR count). The van der Waals surface area contributed by atoms with Gasteiger partial charge in [0, 0.05) is 0 Å². The predicted molar refractivity (Wildman–Crippen MR) is 94.0 cm³/mol. The van der Waals surface area contributed by atoms with Crippen LogP contribution in [-0.2, 0) is 21.2 Å². The highest BCUT2D eigenvalue weighted by Crippen LogP contribution is 2.17. The van der Waals surface area contributed by atoms with Crippen LogP contribution in [0.3, 0.4) is 0 Å². The minimum Gasteiger partial charge on any atom is -0.349 e. The largest absolute Gasteiger partial charge is 0.349 e. The van der Waals surface area contributed by atoms with Crippen molar-refractivity contribution in [3.8, 4) is 0 Å². The van der Waals surface area contributed by atoms with Crippen LogP contribution in [0.2, 0.25) is 0 Å². The number of carbonyl (C=O) groups excluding carboxylic acids is 1. The van der Waals surface area contributed by atoms with Gasteiger partial charge in [-0.05, 0) is 55.2 Å². The van der Waals surface area contributed by atoms with Gasteiger partial charge in [-0.25, -0.2) is 13.6 Å². The fourth-order valence-corrected chi connectivity index (χ4v) is 3.00. The highest BCUT2D eigenvalue weighted by atomic mass is 32.2. The molecule has 1 atom stereocenters. The topological polar surface area (TPSA) is 89.3 Å². The van der Waals surface area contributed by atoms with Crippen LogP contribution in [0.4, 0.5) is 0 Å². The van der Waals surface area contributed by atoms with Crippen molar-refractivity contribution < 1.29 is 13.2 Å². The summed E-state index contributed by atoms with van der Waals surface area (Å²) in [5.41, 5.74) is 3.97. The van der Waals surface area contributed by atoms with E-state index in [1.165, 1.54) is 17.7 Å². The summed E-state index contributed by atoms with van der Waals surface area (Å²) < 4.78 is 22.8. The minimum atomic E-state index is -3.76. The zero-order chi connectivity index (χ0) is 17.9. The van der Waals surface area contributed by atoms with E-state index in [9.17, 15) is 13.2 Å². The van der Waals surface area contributed by atoms with Crippen molar-refractivity contribution >= 4 is 15.9 Å². The van der Waals surface area contributed by atoms with E-state index in [1.54, 1.807) is 19.1 Å².